The van der Waals surface area contributed by atoms with E-state index in [2.05, 4.69) is 40.7 Å². The highest BCUT2D eigenvalue weighted by atomic mass is 14.6. The van der Waals surface area contributed by atoms with Crippen molar-refractivity contribution in [2.45, 2.75) is 112 Å². The minimum Gasteiger partial charge on any atom is -0.0802 e. The molecule has 0 amide bonds. The standard InChI is InChI=1S/C27H44/c1-19(2)9-8-10-20(3)23-14-15-24-22-13-12-21-11-6-7-17-26(21,4)25(22)16-18-27(23,24)5/h15,19-21,23H,6-14,16-18H2,1-5H3/t20-,21?,23-,26+,27-/m1/s1. The fraction of sp³-hybridized carbons (Fsp3) is 0.852. The van der Waals surface area contributed by atoms with Crippen molar-refractivity contribution in [3.8, 4) is 0 Å². The number of fused-ring (bicyclic) bond motifs is 4. The van der Waals surface area contributed by atoms with Gasteiger partial charge in [0.2, 0.25) is 0 Å². The third-order valence-electron chi connectivity index (χ3n) is 9.55. The molecular formula is C27H44. The van der Waals surface area contributed by atoms with E-state index in [-0.39, 0.29) is 0 Å². The molecule has 1 unspecified atom stereocenters. The zero-order valence-corrected chi connectivity index (χ0v) is 18.9. The van der Waals surface area contributed by atoms with E-state index in [4.69, 9.17) is 0 Å². The molecule has 0 aromatic carbocycles. The number of allylic oxidation sites excluding steroid dienone is 4. The molecule has 0 aliphatic heterocycles. The maximum absolute atomic E-state index is 2.71. The van der Waals surface area contributed by atoms with Gasteiger partial charge < -0.3 is 0 Å². The summed E-state index contributed by atoms with van der Waals surface area (Å²) in [7, 11) is 0. The Morgan fingerprint density at radius 3 is 2.56 bits per heavy atom. The monoisotopic (exact) mass is 368 g/mol. The first kappa shape index (κ1) is 19.8. The van der Waals surface area contributed by atoms with Crippen LogP contribution in [0.5, 0.6) is 0 Å². The van der Waals surface area contributed by atoms with Gasteiger partial charge in [0, 0.05) is 0 Å². The lowest BCUT2D eigenvalue weighted by molar-refractivity contribution is 0.107. The molecule has 0 saturated heterocycles. The first-order valence-corrected chi connectivity index (χ1v) is 12.3. The molecule has 0 radical (unpaired) electrons. The highest BCUT2D eigenvalue weighted by Crippen LogP contribution is 2.64. The Bertz CT molecular complexity index is 620. The maximum atomic E-state index is 2.71. The molecule has 4 aliphatic carbocycles. The van der Waals surface area contributed by atoms with E-state index in [1.54, 1.807) is 0 Å². The Kier molecular flexibility index (Phi) is 5.41. The summed E-state index contributed by atoms with van der Waals surface area (Å²) in [5.74, 6) is 3.62. The highest BCUT2D eigenvalue weighted by molar-refractivity contribution is 5.49. The number of hydrogen-bond donors (Lipinski definition) is 0. The van der Waals surface area contributed by atoms with Crippen molar-refractivity contribution in [3.05, 3.63) is 22.8 Å². The molecule has 1 fully saturated rings. The van der Waals surface area contributed by atoms with Crippen LogP contribution in [0.2, 0.25) is 0 Å². The Labute approximate surface area is 169 Å². The topological polar surface area (TPSA) is 0 Å². The Balaban J connectivity index is 1.54. The summed E-state index contributed by atoms with van der Waals surface area (Å²) in [6.07, 6.45) is 20.0. The van der Waals surface area contributed by atoms with Crippen LogP contribution in [0.3, 0.4) is 0 Å². The summed E-state index contributed by atoms with van der Waals surface area (Å²) >= 11 is 0. The SMILES string of the molecule is CC(C)CCC[C@@H](C)[C@H]1CC=C2C3=C(CC[C@@]21C)[C@@]1(C)CCCCC1CC3. The van der Waals surface area contributed by atoms with Gasteiger partial charge in [-0.15, -0.1) is 0 Å². The van der Waals surface area contributed by atoms with Gasteiger partial charge in [-0.2, -0.15) is 0 Å². The highest BCUT2D eigenvalue weighted by Gasteiger charge is 2.52. The molecule has 0 spiro atoms. The van der Waals surface area contributed by atoms with E-state index in [1.807, 2.05) is 16.7 Å². The van der Waals surface area contributed by atoms with E-state index < -0.39 is 0 Å². The van der Waals surface area contributed by atoms with Gasteiger partial charge in [-0.05, 0) is 90.6 Å². The lowest BCUT2D eigenvalue weighted by Gasteiger charge is -2.53. The lowest BCUT2D eigenvalue weighted by atomic mass is 9.52. The zero-order valence-electron chi connectivity index (χ0n) is 18.9. The molecule has 0 nitrogen and oxygen atoms in total. The minimum absolute atomic E-state index is 0.480. The van der Waals surface area contributed by atoms with Gasteiger partial charge >= 0.3 is 0 Å². The average Bonchev–Trinajstić information content (AvgIpc) is 2.98. The number of hydrogen-bond acceptors (Lipinski definition) is 0. The quantitative estimate of drug-likeness (QED) is 0.456. The van der Waals surface area contributed by atoms with Crippen molar-refractivity contribution in [2.75, 3.05) is 0 Å². The zero-order chi connectivity index (χ0) is 19.2. The van der Waals surface area contributed by atoms with Crippen molar-refractivity contribution < 1.29 is 0 Å². The van der Waals surface area contributed by atoms with Crippen LogP contribution >= 0.6 is 0 Å². The van der Waals surface area contributed by atoms with Crippen molar-refractivity contribution >= 4 is 0 Å². The van der Waals surface area contributed by atoms with Crippen molar-refractivity contribution in [1.29, 1.82) is 0 Å². The van der Waals surface area contributed by atoms with E-state index in [0.29, 0.717) is 10.8 Å². The molecule has 0 N–H and O–H groups in total. The summed E-state index contributed by atoms with van der Waals surface area (Å²) in [6.45, 7) is 12.6. The van der Waals surface area contributed by atoms with Gasteiger partial charge in [0.05, 0.1) is 0 Å². The summed E-state index contributed by atoms with van der Waals surface area (Å²) in [5.41, 5.74) is 6.65. The van der Waals surface area contributed by atoms with Gasteiger partial charge in [0.25, 0.3) is 0 Å². The van der Waals surface area contributed by atoms with E-state index in [1.165, 1.54) is 77.0 Å². The van der Waals surface area contributed by atoms with Gasteiger partial charge in [0.1, 0.15) is 0 Å². The summed E-state index contributed by atoms with van der Waals surface area (Å²) in [4.78, 5) is 0. The van der Waals surface area contributed by atoms with Crippen LogP contribution in [0.1, 0.15) is 112 Å². The fourth-order valence-electron chi connectivity index (χ4n) is 7.83. The molecule has 1 saturated carbocycles. The van der Waals surface area contributed by atoms with Crippen molar-refractivity contribution in [2.24, 2.45) is 34.5 Å². The first-order valence-electron chi connectivity index (χ1n) is 12.3. The fourth-order valence-corrected chi connectivity index (χ4v) is 7.83. The van der Waals surface area contributed by atoms with E-state index in [0.717, 1.165) is 23.7 Å². The van der Waals surface area contributed by atoms with Crippen LogP contribution in [-0.4, -0.2) is 0 Å². The summed E-state index contributed by atoms with van der Waals surface area (Å²) in [6, 6.07) is 0. The number of rotatable bonds is 5. The molecule has 0 heteroatoms. The molecule has 0 heterocycles. The molecule has 5 atom stereocenters. The Morgan fingerprint density at radius 1 is 0.963 bits per heavy atom. The molecule has 0 bridgehead atoms. The normalized spacial score (nSPS) is 39.7. The second kappa shape index (κ2) is 7.38. The van der Waals surface area contributed by atoms with Gasteiger partial charge in [-0.3, -0.25) is 0 Å². The van der Waals surface area contributed by atoms with E-state index in [9.17, 15) is 0 Å². The molecule has 4 aliphatic rings. The second-order valence-electron chi connectivity index (χ2n) is 11.5. The van der Waals surface area contributed by atoms with Crippen LogP contribution in [0.4, 0.5) is 0 Å². The third kappa shape index (κ3) is 3.28. The summed E-state index contributed by atoms with van der Waals surface area (Å²) in [5, 5.41) is 0. The van der Waals surface area contributed by atoms with Crippen molar-refractivity contribution in [1.82, 2.24) is 0 Å². The molecule has 0 aromatic rings. The van der Waals surface area contributed by atoms with Crippen LogP contribution in [0.15, 0.2) is 22.8 Å². The largest absolute Gasteiger partial charge is 0.0802 e. The molecule has 152 valence electrons. The van der Waals surface area contributed by atoms with Crippen molar-refractivity contribution in [3.63, 3.8) is 0 Å². The predicted molar refractivity (Wildman–Crippen MR) is 118 cm³/mol. The molecular weight excluding hydrogens is 324 g/mol. The Hall–Kier alpha value is -0.520. The Morgan fingerprint density at radius 2 is 1.78 bits per heavy atom. The smallest absolute Gasteiger partial charge is 0.00389 e. The van der Waals surface area contributed by atoms with Gasteiger partial charge in [-0.1, -0.05) is 78.4 Å². The van der Waals surface area contributed by atoms with Crippen LogP contribution in [-0.2, 0) is 0 Å². The van der Waals surface area contributed by atoms with Crippen LogP contribution in [0, 0.1) is 34.5 Å². The lowest BCUT2D eigenvalue weighted by Crippen LogP contribution is -2.41. The summed E-state index contributed by atoms with van der Waals surface area (Å²) < 4.78 is 0. The third-order valence-corrected chi connectivity index (χ3v) is 9.55. The molecule has 0 aromatic heterocycles. The van der Waals surface area contributed by atoms with Gasteiger partial charge in [0.15, 0.2) is 0 Å². The maximum Gasteiger partial charge on any atom is -0.00389 e. The van der Waals surface area contributed by atoms with E-state index >= 15 is 0 Å². The second-order valence-corrected chi connectivity index (χ2v) is 11.5. The average molecular weight is 369 g/mol. The first-order chi connectivity index (χ1) is 12.9. The minimum atomic E-state index is 0.480. The molecule has 27 heavy (non-hydrogen) atoms. The molecule has 4 rings (SSSR count). The van der Waals surface area contributed by atoms with Crippen LogP contribution in [0.25, 0.3) is 0 Å². The van der Waals surface area contributed by atoms with Crippen LogP contribution < -0.4 is 0 Å². The van der Waals surface area contributed by atoms with Gasteiger partial charge in [-0.25, -0.2) is 0 Å². The predicted octanol–water partition coefficient (Wildman–Crippen LogP) is 8.48.